The van der Waals surface area contributed by atoms with Crippen molar-refractivity contribution in [3.05, 3.63) is 35.9 Å². The number of hydrogen-bond acceptors (Lipinski definition) is 4. The van der Waals surface area contributed by atoms with Gasteiger partial charge >= 0.3 is 0 Å². The summed E-state index contributed by atoms with van der Waals surface area (Å²) in [6, 6.07) is 8.69. The van der Waals surface area contributed by atoms with Crippen molar-refractivity contribution in [1.29, 1.82) is 0 Å². The van der Waals surface area contributed by atoms with Crippen LogP contribution in [0.1, 0.15) is 23.2 Å². The molecule has 1 aromatic carbocycles. The summed E-state index contributed by atoms with van der Waals surface area (Å²) >= 11 is 0. The summed E-state index contributed by atoms with van der Waals surface area (Å²) < 4.78 is 0. The predicted octanol–water partition coefficient (Wildman–Crippen LogP) is 0.248. The van der Waals surface area contributed by atoms with Crippen LogP contribution in [-0.4, -0.2) is 61.3 Å². The van der Waals surface area contributed by atoms with Gasteiger partial charge in [0.2, 0.25) is 5.91 Å². The number of nitrogens with one attached hydrogen (secondary N) is 2. The Morgan fingerprint density at radius 1 is 1.08 bits per heavy atom. The minimum absolute atomic E-state index is 0.0390. The average molecular weight is 332 g/mol. The summed E-state index contributed by atoms with van der Waals surface area (Å²) in [5.74, 6) is -0.428. The summed E-state index contributed by atoms with van der Waals surface area (Å²) in [7, 11) is 3.52. The molecule has 0 aromatic heterocycles. The van der Waals surface area contributed by atoms with E-state index in [1.165, 1.54) is 0 Å². The van der Waals surface area contributed by atoms with Gasteiger partial charge in [0.25, 0.3) is 11.8 Å². The molecular formula is C17H24N4O3. The second-order valence-electron chi connectivity index (χ2n) is 6.15. The average Bonchev–Trinajstić information content (AvgIpc) is 2.60. The fourth-order valence-corrected chi connectivity index (χ4v) is 2.73. The summed E-state index contributed by atoms with van der Waals surface area (Å²) in [5, 5.41) is 0. The van der Waals surface area contributed by atoms with Gasteiger partial charge in [0.15, 0.2) is 0 Å². The van der Waals surface area contributed by atoms with E-state index in [0.29, 0.717) is 18.7 Å². The Balaban J connectivity index is 1.70. The molecule has 1 saturated heterocycles. The third-order valence-electron chi connectivity index (χ3n) is 4.10. The molecule has 0 aliphatic carbocycles. The van der Waals surface area contributed by atoms with Gasteiger partial charge in [-0.05, 0) is 38.1 Å². The Kier molecular flexibility index (Phi) is 6.31. The first-order valence-corrected chi connectivity index (χ1v) is 8.05. The smallest absolute Gasteiger partial charge is 0.269 e. The van der Waals surface area contributed by atoms with Crippen molar-refractivity contribution in [2.45, 2.75) is 12.8 Å². The van der Waals surface area contributed by atoms with Gasteiger partial charge in [0.1, 0.15) is 0 Å². The van der Waals surface area contributed by atoms with E-state index in [0.717, 1.165) is 12.8 Å². The van der Waals surface area contributed by atoms with Gasteiger partial charge in [0.05, 0.1) is 6.54 Å². The molecule has 0 spiro atoms. The van der Waals surface area contributed by atoms with Crippen LogP contribution in [0.2, 0.25) is 0 Å². The zero-order valence-corrected chi connectivity index (χ0v) is 14.1. The first-order valence-electron chi connectivity index (χ1n) is 8.05. The number of rotatable bonds is 4. The van der Waals surface area contributed by atoms with Crippen molar-refractivity contribution < 1.29 is 14.4 Å². The van der Waals surface area contributed by atoms with Crippen LogP contribution >= 0.6 is 0 Å². The van der Waals surface area contributed by atoms with E-state index in [2.05, 4.69) is 10.9 Å². The molecule has 7 heteroatoms. The Morgan fingerprint density at radius 2 is 1.71 bits per heavy atom. The molecule has 0 saturated carbocycles. The SMILES string of the molecule is CN(C)C(=O)C1CCN(CC(=O)NNC(=O)c2ccccc2)CC1. The second kappa shape index (κ2) is 8.44. The highest BCUT2D eigenvalue weighted by Gasteiger charge is 2.26. The second-order valence-corrected chi connectivity index (χ2v) is 6.15. The number of benzene rings is 1. The maximum absolute atomic E-state index is 11.9. The zero-order chi connectivity index (χ0) is 17.5. The monoisotopic (exact) mass is 332 g/mol. The van der Waals surface area contributed by atoms with Crippen LogP contribution in [0.3, 0.4) is 0 Å². The fourth-order valence-electron chi connectivity index (χ4n) is 2.73. The lowest BCUT2D eigenvalue weighted by atomic mass is 9.95. The standard InChI is InChI=1S/C17H24N4O3/c1-20(2)17(24)14-8-10-21(11-9-14)12-15(22)18-19-16(23)13-6-4-3-5-7-13/h3-7,14H,8-12H2,1-2H3,(H,18,22)(H,19,23). The summed E-state index contributed by atoms with van der Waals surface area (Å²) in [4.78, 5) is 39.3. The third-order valence-corrected chi connectivity index (χ3v) is 4.10. The predicted molar refractivity (Wildman–Crippen MR) is 89.9 cm³/mol. The van der Waals surface area contributed by atoms with Gasteiger partial charge < -0.3 is 4.90 Å². The third kappa shape index (κ3) is 5.06. The molecule has 24 heavy (non-hydrogen) atoms. The summed E-state index contributed by atoms with van der Waals surface area (Å²) in [6.07, 6.45) is 1.50. The Morgan fingerprint density at radius 3 is 2.29 bits per heavy atom. The minimum atomic E-state index is -0.348. The summed E-state index contributed by atoms with van der Waals surface area (Å²) in [6.45, 7) is 1.60. The molecule has 1 fully saturated rings. The number of amides is 3. The van der Waals surface area contributed by atoms with Gasteiger partial charge in [-0.3, -0.25) is 30.1 Å². The van der Waals surface area contributed by atoms with Crippen molar-refractivity contribution >= 4 is 17.7 Å². The van der Waals surface area contributed by atoms with Crippen LogP contribution < -0.4 is 10.9 Å². The number of likely N-dealkylation sites (tertiary alicyclic amines) is 1. The lowest BCUT2D eigenvalue weighted by molar-refractivity contribution is -0.134. The van der Waals surface area contributed by atoms with Crippen LogP contribution in [0.25, 0.3) is 0 Å². The van der Waals surface area contributed by atoms with E-state index in [9.17, 15) is 14.4 Å². The number of hydrogen-bond donors (Lipinski definition) is 2. The molecule has 0 atom stereocenters. The van der Waals surface area contributed by atoms with Crippen LogP contribution in [-0.2, 0) is 9.59 Å². The molecule has 3 amide bonds. The first-order chi connectivity index (χ1) is 11.5. The molecule has 130 valence electrons. The van der Waals surface area contributed by atoms with Gasteiger partial charge in [-0.25, -0.2) is 0 Å². The van der Waals surface area contributed by atoms with Crippen LogP contribution in [0.5, 0.6) is 0 Å². The van der Waals surface area contributed by atoms with Crippen molar-refractivity contribution in [2.24, 2.45) is 5.92 Å². The van der Waals surface area contributed by atoms with Gasteiger partial charge in [0, 0.05) is 25.6 Å². The maximum Gasteiger partial charge on any atom is 0.269 e. The van der Waals surface area contributed by atoms with Crippen LogP contribution in [0.4, 0.5) is 0 Å². The van der Waals surface area contributed by atoms with Crippen molar-refractivity contribution in [3.8, 4) is 0 Å². The van der Waals surface area contributed by atoms with Crippen LogP contribution in [0.15, 0.2) is 30.3 Å². The largest absolute Gasteiger partial charge is 0.349 e. The number of carbonyl (C=O) groups excluding carboxylic acids is 3. The Hall–Kier alpha value is -2.41. The quantitative estimate of drug-likeness (QED) is 0.775. The highest BCUT2D eigenvalue weighted by molar-refractivity contribution is 5.95. The molecule has 1 heterocycles. The van der Waals surface area contributed by atoms with Crippen molar-refractivity contribution in [3.63, 3.8) is 0 Å². The van der Waals surface area contributed by atoms with E-state index in [1.807, 2.05) is 11.0 Å². The molecule has 0 unspecified atom stereocenters. The van der Waals surface area contributed by atoms with E-state index in [4.69, 9.17) is 0 Å². The number of piperidine rings is 1. The Labute approximate surface area is 142 Å². The molecular weight excluding hydrogens is 308 g/mol. The molecule has 1 aromatic rings. The zero-order valence-electron chi connectivity index (χ0n) is 14.1. The molecule has 1 aliphatic heterocycles. The number of hydrazine groups is 1. The van der Waals surface area contributed by atoms with Gasteiger partial charge in [-0.15, -0.1) is 0 Å². The van der Waals surface area contributed by atoms with E-state index in [-0.39, 0.29) is 30.2 Å². The van der Waals surface area contributed by atoms with Crippen molar-refractivity contribution in [2.75, 3.05) is 33.7 Å². The normalized spacial score (nSPS) is 15.6. The molecule has 7 nitrogen and oxygen atoms in total. The number of carbonyl (C=O) groups is 3. The first kappa shape index (κ1) is 17.9. The summed E-state index contributed by atoms with van der Waals surface area (Å²) in [5.41, 5.74) is 5.32. The van der Waals surface area contributed by atoms with Crippen molar-refractivity contribution in [1.82, 2.24) is 20.7 Å². The fraction of sp³-hybridized carbons (Fsp3) is 0.471. The highest BCUT2D eigenvalue weighted by Crippen LogP contribution is 2.18. The van der Waals surface area contributed by atoms with Gasteiger partial charge in [-0.2, -0.15) is 0 Å². The molecule has 0 bridgehead atoms. The molecule has 1 aliphatic rings. The lowest BCUT2D eigenvalue weighted by Gasteiger charge is -2.31. The van der Waals surface area contributed by atoms with E-state index >= 15 is 0 Å². The van der Waals surface area contributed by atoms with E-state index in [1.54, 1.807) is 43.3 Å². The molecule has 2 rings (SSSR count). The lowest BCUT2D eigenvalue weighted by Crippen LogP contribution is -2.48. The van der Waals surface area contributed by atoms with Gasteiger partial charge in [-0.1, -0.05) is 18.2 Å². The highest BCUT2D eigenvalue weighted by atomic mass is 16.2. The minimum Gasteiger partial charge on any atom is -0.349 e. The Bertz CT molecular complexity index is 581. The topological polar surface area (TPSA) is 81.8 Å². The van der Waals surface area contributed by atoms with Crippen LogP contribution in [0, 0.1) is 5.92 Å². The maximum atomic E-state index is 11.9. The molecule has 2 N–H and O–H groups in total. The molecule has 0 radical (unpaired) electrons. The van der Waals surface area contributed by atoms with E-state index < -0.39 is 0 Å². The number of nitrogens with zero attached hydrogens (tertiary/aromatic N) is 2.